The summed E-state index contributed by atoms with van der Waals surface area (Å²) in [6.45, 7) is 0.408. The maximum Gasteiger partial charge on any atom is 0.573 e. The maximum absolute atomic E-state index is 14.6. The number of alkyl halides is 5. The van der Waals surface area contributed by atoms with Gasteiger partial charge in [0.05, 0.1) is 0 Å². The lowest BCUT2D eigenvalue weighted by atomic mass is 10.0. The molecular formula is C30H20F10O3. The molecule has 0 amide bonds. The van der Waals surface area contributed by atoms with Crippen LogP contribution in [0.25, 0.3) is 22.3 Å². The fraction of sp³-hybridized carbons (Fsp3) is 0.200. The van der Waals surface area contributed by atoms with Crippen LogP contribution in [0.3, 0.4) is 0 Å². The van der Waals surface area contributed by atoms with Crippen molar-refractivity contribution in [3.8, 4) is 39.5 Å². The monoisotopic (exact) mass is 618 g/mol. The third kappa shape index (κ3) is 7.90. The van der Waals surface area contributed by atoms with E-state index in [1.165, 1.54) is 18.2 Å². The van der Waals surface area contributed by atoms with E-state index in [-0.39, 0.29) is 11.1 Å². The highest BCUT2D eigenvalue weighted by atomic mass is 19.4. The molecule has 0 saturated carbocycles. The molecule has 0 aliphatic rings. The average molecular weight is 618 g/mol. The Morgan fingerprint density at radius 1 is 0.605 bits per heavy atom. The van der Waals surface area contributed by atoms with Crippen molar-refractivity contribution in [3.05, 3.63) is 101 Å². The maximum atomic E-state index is 14.6. The largest absolute Gasteiger partial charge is 0.573 e. The number of rotatable bonds is 10. The number of ether oxygens (including phenoxy) is 3. The van der Waals surface area contributed by atoms with Crippen LogP contribution in [0.15, 0.2) is 66.7 Å². The summed E-state index contributed by atoms with van der Waals surface area (Å²) >= 11 is 0. The number of halogens is 10. The second-order valence-corrected chi connectivity index (χ2v) is 9.20. The Kier molecular flexibility index (Phi) is 9.12. The molecule has 0 heterocycles. The molecule has 4 aromatic rings. The van der Waals surface area contributed by atoms with Crippen LogP contribution < -0.4 is 14.2 Å². The first kappa shape index (κ1) is 31.5. The van der Waals surface area contributed by atoms with E-state index in [2.05, 4.69) is 9.47 Å². The van der Waals surface area contributed by atoms with Crippen molar-refractivity contribution in [2.75, 3.05) is 6.61 Å². The molecule has 228 valence electrons. The first-order valence-corrected chi connectivity index (χ1v) is 12.5. The lowest BCUT2D eigenvalue weighted by Crippen LogP contribution is -2.32. The molecule has 0 saturated heterocycles. The normalized spacial score (nSPS) is 11.9. The summed E-state index contributed by atoms with van der Waals surface area (Å²) in [5.41, 5.74) is -0.106. The van der Waals surface area contributed by atoms with Gasteiger partial charge >= 0.3 is 12.5 Å². The molecule has 0 fully saturated rings. The summed E-state index contributed by atoms with van der Waals surface area (Å²) in [4.78, 5) is 0. The summed E-state index contributed by atoms with van der Waals surface area (Å²) < 4.78 is 150. The lowest BCUT2D eigenvalue weighted by molar-refractivity contribution is -0.276. The third-order valence-electron chi connectivity index (χ3n) is 5.95. The fourth-order valence-corrected chi connectivity index (χ4v) is 4.11. The fourth-order valence-electron chi connectivity index (χ4n) is 4.11. The van der Waals surface area contributed by atoms with Crippen LogP contribution >= 0.6 is 0 Å². The van der Waals surface area contributed by atoms with Crippen molar-refractivity contribution in [1.82, 2.24) is 0 Å². The van der Waals surface area contributed by atoms with Crippen LogP contribution in [0.1, 0.15) is 18.9 Å². The van der Waals surface area contributed by atoms with E-state index in [4.69, 9.17) is 4.74 Å². The molecule has 4 rings (SSSR count). The van der Waals surface area contributed by atoms with Crippen LogP contribution in [0.4, 0.5) is 43.9 Å². The number of hydrogen-bond acceptors (Lipinski definition) is 3. The zero-order valence-corrected chi connectivity index (χ0v) is 22.0. The van der Waals surface area contributed by atoms with Gasteiger partial charge in [-0.15, -0.1) is 13.2 Å². The average Bonchev–Trinajstić information content (AvgIpc) is 2.89. The number of aryl methyl sites for hydroxylation is 1. The van der Waals surface area contributed by atoms with Crippen LogP contribution in [0, 0.1) is 29.1 Å². The highest BCUT2D eigenvalue weighted by molar-refractivity contribution is 5.67. The van der Waals surface area contributed by atoms with E-state index in [1.807, 2.05) is 6.92 Å². The highest BCUT2D eigenvalue weighted by Gasteiger charge is 2.35. The molecule has 0 aliphatic heterocycles. The van der Waals surface area contributed by atoms with Gasteiger partial charge in [-0.2, -0.15) is 8.78 Å². The van der Waals surface area contributed by atoms with Gasteiger partial charge in [0.1, 0.15) is 17.4 Å². The summed E-state index contributed by atoms with van der Waals surface area (Å²) in [6.07, 6.45) is -8.06. The molecule has 43 heavy (non-hydrogen) atoms. The van der Waals surface area contributed by atoms with Crippen molar-refractivity contribution < 1.29 is 58.1 Å². The molecule has 13 heteroatoms. The predicted molar refractivity (Wildman–Crippen MR) is 135 cm³/mol. The van der Waals surface area contributed by atoms with Gasteiger partial charge in [-0.3, -0.25) is 0 Å². The van der Waals surface area contributed by atoms with Gasteiger partial charge in [-0.05, 0) is 65.6 Å². The van der Waals surface area contributed by atoms with Crippen molar-refractivity contribution in [2.24, 2.45) is 0 Å². The zero-order valence-electron chi connectivity index (χ0n) is 22.0. The third-order valence-corrected chi connectivity index (χ3v) is 5.95. The molecule has 0 bridgehead atoms. The van der Waals surface area contributed by atoms with Crippen molar-refractivity contribution in [2.45, 2.75) is 32.2 Å². The van der Waals surface area contributed by atoms with E-state index in [0.717, 1.165) is 36.2 Å². The number of benzene rings is 4. The summed E-state index contributed by atoms with van der Waals surface area (Å²) in [7, 11) is 0. The Bertz CT molecular complexity index is 1600. The van der Waals surface area contributed by atoms with E-state index < -0.39 is 76.5 Å². The Morgan fingerprint density at radius 2 is 1.21 bits per heavy atom. The second-order valence-electron chi connectivity index (χ2n) is 9.20. The van der Waals surface area contributed by atoms with Crippen LogP contribution in [0.2, 0.25) is 0 Å². The van der Waals surface area contributed by atoms with Gasteiger partial charge in [0.15, 0.2) is 29.8 Å². The molecule has 0 atom stereocenters. The molecule has 0 aromatic heterocycles. The first-order valence-electron chi connectivity index (χ1n) is 12.5. The predicted octanol–water partition coefficient (Wildman–Crippen LogP) is 9.62. The van der Waals surface area contributed by atoms with E-state index >= 15 is 0 Å². The SMILES string of the molecule is CCCc1ccc(-c2ccc(OCC(F)(F)Oc3ccc(-c4cc(F)c(OC(F)(F)F)c(F)c4)c(F)c3)c(F)c2)c(F)c1. The zero-order chi connectivity index (χ0) is 31.5. The van der Waals surface area contributed by atoms with Gasteiger partial charge in [-0.25, -0.2) is 22.0 Å². The van der Waals surface area contributed by atoms with E-state index in [9.17, 15) is 43.9 Å². The Balaban J connectivity index is 1.44. The van der Waals surface area contributed by atoms with Gasteiger partial charge in [-0.1, -0.05) is 31.5 Å². The summed E-state index contributed by atoms with van der Waals surface area (Å²) in [5.74, 6) is -9.64. The highest BCUT2D eigenvalue weighted by Crippen LogP contribution is 2.35. The van der Waals surface area contributed by atoms with Gasteiger partial charge < -0.3 is 14.2 Å². The Hall–Kier alpha value is -4.42. The quantitative estimate of drug-likeness (QED) is 0.166. The van der Waals surface area contributed by atoms with Gasteiger partial charge in [0, 0.05) is 17.2 Å². The smallest absolute Gasteiger partial charge is 0.480 e. The minimum Gasteiger partial charge on any atom is -0.480 e. The lowest BCUT2D eigenvalue weighted by Gasteiger charge is -2.19. The van der Waals surface area contributed by atoms with Crippen LogP contribution in [0.5, 0.6) is 17.2 Å². The standard InChI is InChI=1S/C30H20F10O3/c1-2-3-16-4-7-20(22(31)10-16)17-5-9-27(24(33)11-17)41-15-29(36,37)42-19-6-8-21(23(32)14-19)18-12-25(34)28(26(35)13-18)43-30(38,39)40/h4-14H,2-3,15H2,1H3. The second kappa shape index (κ2) is 12.4. The van der Waals surface area contributed by atoms with E-state index in [1.54, 1.807) is 6.07 Å². The molecule has 4 aromatic carbocycles. The minimum atomic E-state index is -5.39. The van der Waals surface area contributed by atoms with Gasteiger partial charge in [0.25, 0.3) is 0 Å². The Morgan fingerprint density at radius 3 is 1.79 bits per heavy atom. The summed E-state index contributed by atoms with van der Waals surface area (Å²) in [6, 6.07) is 10.5. The van der Waals surface area contributed by atoms with Crippen molar-refractivity contribution in [3.63, 3.8) is 0 Å². The van der Waals surface area contributed by atoms with E-state index in [0.29, 0.717) is 24.6 Å². The van der Waals surface area contributed by atoms with Crippen LogP contribution in [-0.4, -0.2) is 19.1 Å². The molecule has 0 aliphatic carbocycles. The molecule has 0 N–H and O–H groups in total. The van der Waals surface area contributed by atoms with Crippen LogP contribution in [-0.2, 0) is 6.42 Å². The molecular weight excluding hydrogens is 598 g/mol. The molecule has 0 radical (unpaired) electrons. The van der Waals surface area contributed by atoms with Crippen molar-refractivity contribution in [1.29, 1.82) is 0 Å². The minimum absolute atomic E-state index is 0.0977. The molecule has 0 spiro atoms. The van der Waals surface area contributed by atoms with Gasteiger partial charge in [0.2, 0.25) is 5.75 Å². The Labute approximate surface area is 238 Å². The number of hydrogen-bond donors (Lipinski definition) is 0. The van der Waals surface area contributed by atoms with Crippen molar-refractivity contribution >= 4 is 0 Å². The molecule has 0 unspecified atom stereocenters. The molecule has 3 nitrogen and oxygen atoms in total. The first-order chi connectivity index (χ1) is 20.2. The summed E-state index contributed by atoms with van der Waals surface area (Å²) in [5, 5.41) is 0. The topological polar surface area (TPSA) is 27.7 Å².